The summed E-state index contributed by atoms with van der Waals surface area (Å²) >= 11 is 0. The molecule has 1 N–H and O–H groups in total. The van der Waals surface area contributed by atoms with E-state index in [1.165, 1.54) is 0 Å². The summed E-state index contributed by atoms with van der Waals surface area (Å²) in [5.41, 5.74) is 0.542. The molecule has 104 valence electrons. The molecule has 2 rings (SSSR count). The lowest BCUT2D eigenvalue weighted by atomic mass is 9.93. The number of pyridine rings is 1. The van der Waals surface area contributed by atoms with Gasteiger partial charge >= 0.3 is 0 Å². The minimum Gasteiger partial charge on any atom is -0.370 e. The van der Waals surface area contributed by atoms with E-state index in [2.05, 4.69) is 24.1 Å². The first kappa shape index (κ1) is 13.8. The third-order valence-electron chi connectivity index (χ3n) is 3.73. The largest absolute Gasteiger partial charge is 0.370 e. The van der Waals surface area contributed by atoms with Gasteiger partial charge in [0.2, 0.25) is 0 Å². The highest BCUT2D eigenvalue weighted by atomic mass is 16.2. The molecule has 0 radical (unpaired) electrons. The Hall–Kier alpha value is -1.58. The van der Waals surface area contributed by atoms with Crippen molar-refractivity contribution in [2.45, 2.75) is 39.7 Å². The Balaban J connectivity index is 2.12. The van der Waals surface area contributed by atoms with Crippen molar-refractivity contribution in [2.75, 3.05) is 18.4 Å². The predicted molar refractivity (Wildman–Crippen MR) is 77.3 cm³/mol. The highest BCUT2D eigenvalue weighted by Crippen LogP contribution is 2.23. The molecule has 1 aromatic heterocycles. The van der Waals surface area contributed by atoms with Crippen molar-refractivity contribution in [3.8, 4) is 0 Å². The van der Waals surface area contributed by atoms with Gasteiger partial charge in [0, 0.05) is 19.1 Å². The van der Waals surface area contributed by atoms with Crippen molar-refractivity contribution in [1.29, 1.82) is 0 Å². The summed E-state index contributed by atoms with van der Waals surface area (Å²) in [6.07, 6.45) is 2.17. The molecule has 1 aromatic rings. The predicted octanol–water partition coefficient (Wildman–Crippen LogP) is 2.77. The van der Waals surface area contributed by atoms with E-state index in [0.717, 1.165) is 31.7 Å². The van der Waals surface area contributed by atoms with Gasteiger partial charge in [-0.15, -0.1) is 0 Å². The first-order valence-electron chi connectivity index (χ1n) is 7.13. The Labute approximate surface area is 115 Å². The highest BCUT2D eigenvalue weighted by Gasteiger charge is 2.28. The topological polar surface area (TPSA) is 45.2 Å². The summed E-state index contributed by atoms with van der Waals surface area (Å²) in [5, 5.41) is 3.14. The Morgan fingerprint density at radius 2 is 2.26 bits per heavy atom. The van der Waals surface area contributed by atoms with Crippen molar-refractivity contribution >= 4 is 11.7 Å². The zero-order valence-electron chi connectivity index (χ0n) is 12.0. The number of amides is 1. The molecule has 0 bridgehead atoms. The van der Waals surface area contributed by atoms with Crippen LogP contribution in [0.4, 0.5) is 5.82 Å². The molecule has 1 saturated heterocycles. The van der Waals surface area contributed by atoms with Crippen LogP contribution in [-0.2, 0) is 0 Å². The molecule has 1 aliphatic heterocycles. The van der Waals surface area contributed by atoms with E-state index < -0.39 is 0 Å². The number of anilines is 1. The molecule has 19 heavy (non-hydrogen) atoms. The monoisotopic (exact) mass is 261 g/mol. The fourth-order valence-electron chi connectivity index (χ4n) is 2.69. The number of carbonyl (C=O) groups excluding carboxylic acids is 1. The standard InChI is InChI=1S/C15H23N3O/c1-4-16-14-7-5-6-13(17-14)15(19)18-9-8-11(2)10-12(18)3/h5-7,11-12H,4,8-10H2,1-3H3,(H,16,17). The quantitative estimate of drug-likeness (QED) is 0.910. The first-order valence-corrected chi connectivity index (χ1v) is 7.13. The summed E-state index contributed by atoms with van der Waals surface area (Å²) in [6.45, 7) is 8.05. The molecule has 2 heterocycles. The second-order valence-corrected chi connectivity index (χ2v) is 5.42. The number of carbonyl (C=O) groups is 1. The van der Waals surface area contributed by atoms with E-state index in [1.807, 2.05) is 24.0 Å². The smallest absolute Gasteiger partial charge is 0.272 e. The van der Waals surface area contributed by atoms with Crippen LogP contribution < -0.4 is 5.32 Å². The van der Waals surface area contributed by atoms with Gasteiger partial charge in [0.05, 0.1) is 0 Å². The molecule has 2 atom stereocenters. The number of likely N-dealkylation sites (tertiary alicyclic amines) is 1. The maximum atomic E-state index is 12.5. The van der Waals surface area contributed by atoms with Crippen LogP contribution in [0.5, 0.6) is 0 Å². The van der Waals surface area contributed by atoms with Gasteiger partial charge in [0.25, 0.3) is 5.91 Å². The Morgan fingerprint density at radius 1 is 1.47 bits per heavy atom. The fourth-order valence-corrected chi connectivity index (χ4v) is 2.69. The van der Waals surface area contributed by atoms with Crippen LogP contribution >= 0.6 is 0 Å². The maximum absolute atomic E-state index is 12.5. The third kappa shape index (κ3) is 3.25. The molecule has 0 aromatic carbocycles. The average molecular weight is 261 g/mol. The van der Waals surface area contributed by atoms with Crippen molar-refractivity contribution in [2.24, 2.45) is 5.92 Å². The SMILES string of the molecule is CCNc1cccc(C(=O)N2CCC(C)CC2C)n1. The van der Waals surface area contributed by atoms with Crippen LogP contribution in [0.25, 0.3) is 0 Å². The van der Waals surface area contributed by atoms with Gasteiger partial charge in [0.15, 0.2) is 0 Å². The lowest BCUT2D eigenvalue weighted by Gasteiger charge is -2.36. The molecule has 0 saturated carbocycles. The molecule has 2 unspecified atom stereocenters. The number of hydrogen-bond donors (Lipinski definition) is 1. The average Bonchev–Trinajstić information content (AvgIpc) is 2.39. The molecule has 1 amide bonds. The van der Waals surface area contributed by atoms with Crippen LogP contribution in [0.15, 0.2) is 18.2 Å². The van der Waals surface area contributed by atoms with Crippen molar-refractivity contribution in [1.82, 2.24) is 9.88 Å². The van der Waals surface area contributed by atoms with Gasteiger partial charge in [0.1, 0.15) is 11.5 Å². The molecule has 4 heteroatoms. The van der Waals surface area contributed by atoms with Crippen LogP contribution in [0, 0.1) is 5.92 Å². The van der Waals surface area contributed by atoms with Gasteiger partial charge in [-0.1, -0.05) is 13.0 Å². The first-order chi connectivity index (χ1) is 9.11. The molecule has 1 fully saturated rings. The molecule has 4 nitrogen and oxygen atoms in total. The zero-order chi connectivity index (χ0) is 13.8. The van der Waals surface area contributed by atoms with Crippen molar-refractivity contribution < 1.29 is 4.79 Å². The van der Waals surface area contributed by atoms with Crippen LogP contribution in [0.3, 0.4) is 0 Å². The summed E-state index contributed by atoms with van der Waals surface area (Å²) in [4.78, 5) is 18.9. The van der Waals surface area contributed by atoms with Crippen LogP contribution in [0.1, 0.15) is 44.1 Å². The Kier molecular flexibility index (Phi) is 4.40. The van der Waals surface area contributed by atoms with E-state index in [9.17, 15) is 4.79 Å². The van der Waals surface area contributed by atoms with Gasteiger partial charge < -0.3 is 10.2 Å². The molecular formula is C15H23N3O. The minimum atomic E-state index is 0.0548. The number of nitrogens with zero attached hydrogens (tertiary/aromatic N) is 2. The molecule has 1 aliphatic rings. The summed E-state index contributed by atoms with van der Waals surface area (Å²) < 4.78 is 0. The minimum absolute atomic E-state index is 0.0548. The van der Waals surface area contributed by atoms with Crippen molar-refractivity contribution in [3.05, 3.63) is 23.9 Å². The van der Waals surface area contributed by atoms with Crippen LogP contribution in [-0.4, -0.2) is 34.9 Å². The Bertz CT molecular complexity index is 447. The van der Waals surface area contributed by atoms with E-state index in [0.29, 0.717) is 17.7 Å². The second-order valence-electron chi connectivity index (χ2n) is 5.42. The second kappa shape index (κ2) is 6.04. The third-order valence-corrected chi connectivity index (χ3v) is 3.73. The highest BCUT2D eigenvalue weighted by molar-refractivity contribution is 5.93. The van der Waals surface area contributed by atoms with Gasteiger partial charge in [-0.2, -0.15) is 0 Å². The Morgan fingerprint density at radius 3 is 2.95 bits per heavy atom. The van der Waals surface area contributed by atoms with E-state index in [4.69, 9.17) is 0 Å². The van der Waals surface area contributed by atoms with E-state index in [1.54, 1.807) is 6.07 Å². The summed E-state index contributed by atoms with van der Waals surface area (Å²) in [7, 11) is 0. The molecular weight excluding hydrogens is 238 g/mol. The van der Waals surface area contributed by atoms with Crippen molar-refractivity contribution in [3.63, 3.8) is 0 Å². The van der Waals surface area contributed by atoms with Crippen LogP contribution in [0.2, 0.25) is 0 Å². The van der Waals surface area contributed by atoms with Gasteiger partial charge in [-0.3, -0.25) is 4.79 Å². The fraction of sp³-hybridized carbons (Fsp3) is 0.600. The lowest BCUT2D eigenvalue weighted by Crippen LogP contribution is -2.44. The summed E-state index contributed by atoms with van der Waals surface area (Å²) in [5.74, 6) is 1.53. The zero-order valence-corrected chi connectivity index (χ0v) is 12.0. The number of aromatic nitrogens is 1. The van der Waals surface area contributed by atoms with Gasteiger partial charge in [-0.25, -0.2) is 4.98 Å². The number of hydrogen-bond acceptors (Lipinski definition) is 3. The number of piperidine rings is 1. The molecule has 0 spiro atoms. The normalized spacial score (nSPS) is 23.2. The van der Waals surface area contributed by atoms with Gasteiger partial charge in [-0.05, 0) is 44.7 Å². The maximum Gasteiger partial charge on any atom is 0.272 e. The number of nitrogens with one attached hydrogen (secondary N) is 1. The van der Waals surface area contributed by atoms with E-state index in [-0.39, 0.29) is 5.91 Å². The molecule has 0 aliphatic carbocycles. The lowest BCUT2D eigenvalue weighted by molar-refractivity contribution is 0.0583. The van der Waals surface area contributed by atoms with E-state index >= 15 is 0 Å². The number of rotatable bonds is 3. The summed E-state index contributed by atoms with van der Waals surface area (Å²) in [6, 6.07) is 5.88.